The summed E-state index contributed by atoms with van der Waals surface area (Å²) in [5, 5.41) is 0.813. The minimum Gasteiger partial charge on any atom is -0.402 e. The summed E-state index contributed by atoms with van der Waals surface area (Å²) in [6, 6.07) is 1.54. The highest BCUT2D eigenvalue weighted by Crippen LogP contribution is 2.53. The molecule has 1 aliphatic heterocycles. The SMILES string of the molecule is Cc1c[nH]c2c(OP(=O)(O)O)cc3c(c12)C(CCl)CN3C(=O)C1(C)CC1. The van der Waals surface area contributed by atoms with Crippen LogP contribution in [0.1, 0.15) is 36.8 Å². The van der Waals surface area contributed by atoms with E-state index in [1.165, 1.54) is 0 Å². The fraction of sp³-hybridized carbons (Fsp3) is 0.471. The van der Waals surface area contributed by atoms with E-state index in [0.717, 1.165) is 29.4 Å². The summed E-state index contributed by atoms with van der Waals surface area (Å²) in [6.45, 7) is 4.31. The molecular formula is C17H20ClN2O5P. The first-order chi connectivity index (χ1) is 12.1. The lowest BCUT2D eigenvalue weighted by atomic mass is 9.97. The Hall–Kier alpha value is -1.53. The molecule has 26 heavy (non-hydrogen) atoms. The van der Waals surface area contributed by atoms with Gasteiger partial charge in [-0.1, -0.05) is 6.92 Å². The zero-order valence-electron chi connectivity index (χ0n) is 14.5. The summed E-state index contributed by atoms with van der Waals surface area (Å²) in [7, 11) is -4.74. The Bertz CT molecular complexity index is 962. The second-order valence-electron chi connectivity index (χ2n) is 7.44. The van der Waals surface area contributed by atoms with Gasteiger partial charge < -0.3 is 14.4 Å². The number of H-pyrrole nitrogens is 1. The molecule has 1 fully saturated rings. The number of hydrogen-bond donors (Lipinski definition) is 3. The monoisotopic (exact) mass is 398 g/mol. The van der Waals surface area contributed by atoms with Crippen LogP contribution in [0.4, 0.5) is 5.69 Å². The summed E-state index contributed by atoms with van der Waals surface area (Å²) in [6.07, 6.45) is 3.45. The minimum absolute atomic E-state index is 0.0287. The van der Waals surface area contributed by atoms with Gasteiger partial charge in [-0.25, -0.2) is 4.57 Å². The van der Waals surface area contributed by atoms with Crippen molar-refractivity contribution in [3.8, 4) is 5.75 Å². The predicted molar refractivity (Wildman–Crippen MR) is 98.9 cm³/mol. The van der Waals surface area contributed by atoms with Gasteiger partial charge >= 0.3 is 7.82 Å². The lowest BCUT2D eigenvalue weighted by molar-refractivity contribution is -0.123. The Balaban J connectivity index is 1.94. The maximum Gasteiger partial charge on any atom is 0.524 e. The van der Waals surface area contributed by atoms with Crippen molar-refractivity contribution in [1.82, 2.24) is 4.98 Å². The molecule has 1 amide bonds. The molecule has 0 radical (unpaired) electrons. The molecule has 0 saturated heterocycles. The Morgan fingerprint density at radius 1 is 1.50 bits per heavy atom. The van der Waals surface area contributed by atoms with Gasteiger partial charge in [-0.15, -0.1) is 11.6 Å². The zero-order valence-corrected chi connectivity index (χ0v) is 16.1. The van der Waals surface area contributed by atoms with Crippen LogP contribution in [0, 0.1) is 12.3 Å². The van der Waals surface area contributed by atoms with Gasteiger partial charge in [0.15, 0.2) is 5.75 Å². The lowest BCUT2D eigenvalue weighted by Crippen LogP contribution is -2.35. The number of nitrogens with zero attached hydrogens (tertiary/aromatic N) is 1. The van der Waals surface area contributed by atoms with E-state index in [1.54, 1.807) is 17.2 Å². The maximum absolute atomic E-state index is 13.0. The number of phosphoric ester groups is 1. The number of alkyl halides is 1. The number of halogens is 1. The Morgan fingerprint density at radius 3 is 2.77 bits per heavy atom. The fourth-order valence-electron chi connectivity index (χ4n) is 3.76. The van der Waals surface area contributed by atoms with Crippen molar-refractivity contribution >= 4 is 41.9 Å². The number of carbonyl (C=O) groups excluding carboxylic acids is 1. The number of phosphoric acid groups is 1. The summed E-state index contributed by atoms with van der Waals surface area (Å²) >= 11 is 6.20. The van der Waals surface area contributed by atoms with Crippen LogP contribution in [0.2, 0.25) is 0 Å². The number of hydrogen-bond acceptors (Lipinski definition) is 3. The zero-order chi connectivity index (χ0) is 18.9. The first-order valence-corrected chi connectivity index (χ1v) is 10.5. The number of aryl methyl sites for hydroxylation is 1. The van der Waals surface area contributed by atoms with Crippen molar-refractivity contribution in [2.75, 3.05) is 17.3 Å². The van der Waals surface area contributed by atoms with Crippen LogP contribution in [0.3, 0.4) is 0 Å². The summed E-state index contributed by atoms with van der Waals surface area (Å²) in [5.74, 6) is 0.376. The summed E-state index contributed by atoms with van der Waals surface area (Å²) in [4.78, 5) is 36.3. The van der Waals surface area contributed by atoms with Crippen molar-refractivity contribution in [3.63, 3.8) is 0 Å². The van der Waals surface area contributed by atoms with Crippen molar-refractivity contribution in [1.29, 1.82) is 0 Å². The van der Waals surface area contributed by atoms with Gasteiger partial charge in [-0.3, -0.25) is 14.6 Å². The molecule has 0 spiro atoms. The van der Waals surface area contributed by atoms with E-state index in [2.05, 4.69) is 4.98 Å². The molecule has 4 rings (SSSR count). The number of amides is 1. The number of anilines is 1. The number of aromatic nitrogens is 1. The molecule has 9 heteroatoms. The number of aromatic amines is 1. The van der Waals surface area contributed by atoms with Gasteiger partial charge in [0.1, 0.15) is 0 Å². The molecule has 1 aliphatic carbocycles. The van der Waals surface area contributed by atoms with E-state index in [0.29, 0.717) is 23.6 Å². The van der Waals surface area contributed by atoms with Gasteiger partial charge in [-0.2, -0.15) is 0 Å². The molecule has 1 saturated carbocycles. The normalized spacial score (nSPS) is 21.1. The summed E-state index contributed by atoms with van der Waals surface area (Å²) in [5.41, 5.74) is 2.63. The number of fused-ring (bicyclic) bond motifs is 3. The molecule has 1 unspecified atom stereocenters. The van der Waals surface area contributed by atoms with Crippen LogP contribution in [0.15, 0.2) is 12.3 Å². The van der Waals surface area contributed by atoms with Crippen LogP contribution < -0.4 is 9.42 Å². The molecule has 2 aromatic rings. The highest BCUT2D eigenvalue weighted by Gasteiger charge is 2.50. The van der Waals surface area contributed by atoms with Crippen molar-refractivity contribution < 1.29 is 23.7 Å². The third-order valence-electron chi connectivity index (χ3n) is 5.40. The molecular weight excluding hydrogens is 379 g/mol. The van der Waals surface area contributed by atoms with Gasteiger partial charge in [0, 0.05) is 41.4 Å². The Kier molecular flexibility index (Phi) is 3.94. The highest BCUT2D eigenvalue weighted by molar-refractivity contribution is 7.46. The smallest absolute Gasteiger partial charge is 0.402 e. The van der Waals surface area contributed by atoms with Crippen LogP contribution in [-0.4, -0.2) is 33.1 Å². The molecule has 7 nitrogen and oxygen atoms in total. The number of rotatable bonds is 4. The lowest BCUT2D eigenvalue weighted by Gasteiger charge is -2.22. The van der Waals surface area contributed by atoms with Gasteiger partial charge in [0.2, 0.25) is 5.91 Å². The third-order valence-corrected chi connectivity index (χ3v) is 6.21. The van der Waals surface area contributed by atoms with E-state index in [-0.39, 0.29) is 23.0 Å². The third kappa shape index (κ3) is 2.74. The van der Waals surface area contributed by atoms with E-state index >= 15 is 0 Å². The number of nitrogens with one attached hydrogen (secondary N) is 1. The minimum atomic E-state index is -4.74. The standard InChI is InChI=1S/C17H20ClN2O5P/c1-9-7-19-15-12(25-26(22,23)24)5-11-14(13(9)15)10(6-18)8-20(11)16(21)17(2)3-4-17/h5,7,10,19H,3-4,6,8H2,1-2H3,(H2,22,23,24). The second kappa shape index (κ2) is 5.73. The van der Waals surface area contributed by atoms with Crippen LogP contribution in [-0.2, 0) is 9.36 Å². The maximum atomic E-state index is 13.0. The van der Waals surface area contributed by atoms with Crippen molar-refractivity contribution in [3.05, 3.63) is 23.4 Å². The molecule has 2 heterocycles. The average molecular weight is 399 g/mol. The van der Waals surface area contributed by atoms with Gasteiger partial charge in [0.05, 0.1) is 11.2 Å². The Morgan fingerprint density at radius 2 is 2.19 bits per heavy atom. The van der Waals surface area contributed by atoms with E-state index < -0.39 is 7.82 Å². The fourth-order valence-corrected chi connectivity index (χ4v) is 4.41. The largest absolute Gasteiger partial charge is 0.524 e. The molecule has 1 aromatic carbocycles. The van der Waals surface area contributed by atoms with Crippen LogP contribution in [0.5, 0.6) is 5.75 Å². The summed E-state index contributed by atoms with van der Waals surface area (Å²) < 4.78 is 16.3. The molecule has 1 atom stereocenters. The highest BCUT2D eigenvalue weighted by atomic mass is 35.5. The van der Waals surface area contributed by atoms with Crippen molar-refractivity contribution in [2.24, 2.45) is 5.41 Å². The van der Waals surface area contributed by atoms with Gasteiger partial charge in [0.25, 0.3) is 0 Å². The topological polar surface area (TPSA) is 103 Å². The molecule has 0 bridgehead atoms. The first-order valence-electron chi connectivity index (χ1n) is 8.42. The van der Waals surface area contributed by atoms with Gasteiger partial charge in [-0.05, 0) is 30.9 Å². The number of carbonyl (C=O) groups is 1. The molecule has 1 aromatic heterocycles. The van der Waals surface area contributed by atoms with E-state index in [9.17, 15) is 19.1 Å². The Labute approximate surface area is 155 Å². The predicted octanol–water partition coefficient (Wildman–Crippen LogP) is 3.42. The van der Waals surface area contributed by atoms with E-state index in [1.807, 2.05) is 13.8 Å². The van der Waals surface area contributed by atoms with Crippen LogP contribution >= 0.6 is 19.4 Å². The quantitative estimate of drug-likeness (QED) is 0.541. The second-order valence-corrected chi connectivity index (χ2v) is 8.91. The molecule has 3 N–H and O–H groups in total. The number of benzene rings is 1. The van der Waals surface area contributed by atoms with E-state index in [4.69, 9.17) is 16.1 Å². The van der Waals surface area contributed by atoms with Crippen LogP contribution in [0.25, 0.3) is 10.9 Å². The average Bonchev–Trinajstić information content (AvgIpc) is 3.03. The molecule has 2 aliphatic rings. The van der Waals surface area contributed by atoms with Crippen molar-refractivity contribution in [2.45, 2.75) is 32.6 Å². The first kappa shape index (κ1) is 17.9. The molecule has 140 valence electrons.